The first-order valence-electron chi connectivity index (χ1n) is 12.7. The molecule has 3 aromatic rings. The Bertz CT molecular complexity index is 1600. The number of amidine groups is 1. The van der Waals surface area contributed by atoms with Gasteiger partial charge in [0.15, 0.2) is 11.5 Å². The number of nitrogens with zero attached hydrogens (tertiary/aromatic N) is 3. The number of carbonyl (C=O) groups is 1. The van der Waals surface area contributed by atoms with Crippen molar-refractivity contribution in [1.29, 1.82) is 0 Å². The Balaban J connectivity index is 0.000000909. The molecule has 2 aliphatic heterocycles. The molecule has 0 radical (unpaired) electrons. The minimum Gasteiger partial charge on any atom is -0.497 e. The van der Waals surface area contributed by atoms with Crippen LogP contribution in [0.1, 0.15) is 24.5 Å². The van der Waals surface area contributed by atoms with Gasteiger partial charge >= 0.3 is 10.1 Å². The van der Waals surface area contributed by atoms with E-state index in [0.29, 0.717) is 18.3 Å². The van der Waals surface area contributed by atoms with Gasteiger partial charge in [0.25, 0.3) is 5.97 Å². The molecular weight excluding hydrogens is 548 g/mol. The van der Waals surface area contributed by atoms with E-state index in [1.807, 2.05) is 59.5 Å². The number of fused-ring (bicyclic) bond motifs is 1. The van der Waals surface area contributed by atoms with Gasteiger partial charge in [0, 0.05) is 26.1 Å². The predicted molar refractivity (Wildman–Crippen MR) is 156 cm³/mol. The summed E-state index contributed by atoms with van der Waals surface area (Å²) >= 11 is 0. The van der Waals surface area contributed by atoms with Crippen LogP contribution in [-0.2, 0) is 20.5 Å². The van der Waals surface area contributed by atoms with Gasteiger partial charge in [0.05, 0.1) is 20.5 Å². The maximum absolute atomic E-state index is 11.8. The fourth-order valence-electron chi connectivity index (χ4n) is 4.81. The molecule has 0 amide bonds. The highest BCUT2D eigenvalue weighted by Crippen LogP contribution is 2.43. The largest absolute Gasteiger partial charge is 0.497 e. The van der Waals surface area contributed by atoms with Crippen molar-refractivity contribution in [2.45, 2.75) is 18.9 Å². The second-order valence-electron chi connectivity index (χ2n) is 9.40. The molecule has 1 unspecified atom stereocenters. The summed E-state index contributed by atoms with van der Waals surface area (Å²) < 4.78 is 39.5. The summed E-state index contributed by atoms with van der Waals surface area (Å²) in [5, 5.41) is 7.42. The molecule has 3 aromatic carbocycles. The molecule has 12 heteroatoms. The number of ether oxygens (including phenoxy) is 2. The number of aliphatic carboxylic acids is 1. The molecule has 2 heterocycles. The first kappa shape index (κ1) is 29.4. The molecule has 0 bridgehead atoms. The summed E-state index contributed by atoms with van der Waals surface area (Å²) in [4.78, 5) is 20.9. The maximum Gasteiger partial charge on any atom is 0.306 e. The number of methoxy groups -OCH3 is 2. The van der Waals surface area contributed by atoms with Gasteiger partial charge in [0.1, 0.15) is 23.1 Å². The van der Waals surface area contributed by atoms with E-state index < -0.39 is 21.6 Å². The minimum absolute atomic E-state index is 0.165. The summed E-state index contributed by atoms with van der Waals surface area (Å²) in [5.74, 6) is 1.74. The molecule has 1 atom stereocenters. The van der Waals surface area contributed by atoms with Gasteiger partial charge in [-0.15, -0.1) is 0 Å². The van der Waals surface area contributed by atoms with Crippen molar-refractivity contribution in [2.75, 3.05) is 33.6 Å². The number of guanidine groups is 1. The lowest BCUT2D eigenvalue weighted by molar-refractivity contribution is -0.134. The highest BCUT2D eigenvalue weighted by atomic mass is 32.2. The van der Waals surface area contributed by atoms with E-state index in [-0.39, 0.29) is 5.75 Å². The zero-order chi connectivity index (χ0) is 29.8. The van der Waals surface area contributed by atoms with E-state index in [1.165, 1.54) is 13.2 Å². The van der Waals surface area contributed by atoms with Crippen LogP contribution >= 0.6 is 0 Å². The van der Waals surface area contributed by atoms with Gasteiger partial charge in [-0.25, -0.2) is 4.99 Å². The van der Waals surface area contributed by atoms with Crippen molar-refractivity contribution in [2.24, 2.45) is 15.7 Å². The van der Waals surface area contributed by atoms with Crippen LogP contribution in [-0.4, -0.2) is 69.8 Å². The summed E-state index contributed by atoms with van der Waals surface area (Å²) in [7, 11) is -0.566. The van der Waals surface area contributed by atoms with Crippen LogP contribution in [0.2, 0.25) is 0 Å². The quantitative estimate of drug-likeness (QED) is 0.400. The van der Waals surface area contributed by atoms with Crippen LogP contribution in [0.3, 0.4) is 0 Å². The molecule has 0 spiro atoms. The molecule has 11 nitrogen and oxygen atoms in total. The van der Waals surface area contributed by atoms with Crippen LogP contribution in [0, 0.1) is 0 Å². The van der Waals surface area contributed by atoms with Gasteiger partial charge < -0.3 is 24.5 Å². The molecular formula is C29H32N4O7S. The fourth-order valence-corrected chi connectivity index (χ4v) is 5.25. The third-order valence-electron chi connectivity index (χ3n) is 6.42. The number of aliphatic imine (C=N–C) groups is 2. The standard InChI is InChI=1S/C27H28N4O5S.C2H4O2/c1-34-22-10-8-20(9-11-22)27(25-29-12-5-13-31(25)26(28)30-27)21-7-4-6-18(14-21)19-15-23(35-2)17-24(16-19)36-37(3,32)33;1-2(3)4/h4,6-11,14-17H,5,12-13H2,1-3H3,(H2,28,30);1H3,(H,3,4). The number of nitrogens with two attached hydrogens (primary N) is 1. The van der Waals surface area contributed by atoms with Crippen molar-refractivity contribution >= 4 is 27.9 Å². The SMILES string of the molecule is CC(=O)O.COc1ccc(C2(c3cccc(-c4cc(OC)cc(OS(C)(=O)=O)c4)c3)N=C(N)N3CCCN=C32)cc1. The van der Waals surface area contributed by atoms with Crippen molar-refractivity contribution in [3.05, 3.63) is 77.9 Å². The Morgan fingerprint density at radius 3 is 2.24 bits per heavy atom. The van der Waals surface area contributed by atoms with Gasteiger partial charge in [-0.05, 0) is 59.0 Å². The van der Waals surface area contributed by atoms with Crippen molar-refractivity contribution < 1.29 is 32.0 Å². The molecule has 0 saturated carbocycles. The van der Waals surface area contributed by atoms with Crippen LogP contribution in [0.4, 0.5) is 0 Å². The number of rotatable bonds is 7. The molecule has 2 aliphatic rings. The van der Waals surface area contributed by atoms with E-state index in [0.717, 1.165) is 60.0 Å². The Kier molecular flexibility index (Phi) is 8.52. The third kappa shape index (κ3) is 6.43. The molecule has 3 N–H and O–H groups in total. The van der Waals surface area contributed by atoms with Crippen LogP contribution < -0.4 is 19.4 Å². The normalized spacial score (nSPS) is 17.8. The molecule has 0 saturated heterocycles. The topological polar surface area (TPSA) is 153 Å². The van der Waals surface area contributed by atoms with Gasteiger partial charge in [-0.1, -0.05) is 30.3 Å². The van der Waals surface area contributed by atoms with Crippen LogP contribution in [0.15, 0.2) is 76.7 Å². The predicted octanol–water partition coefficient (Wildman–Crippen LogP) is 3.48. The number of carboxylic acids is 1. The zero-order valence-corrected chi connectivity index (χ0v) is 24.0. The van der Waals surface area contributed by atoms with Gasteiger partial charge in [-0.2, -0.15) is 8.42 Å². The Morgan fingerprint density at radius 2 is 1.61 bits per heavy atom. The number of hydrogen-bond acceptors (Lipinski definition) is 10. The summed E-state index contributed by atoms with van der Waals surface area (Å²) in [6.07, 6.45) is 1.90. The second kappa shape index (κ2) is 11.9. The van der Waals surface area contributed by atoms with Crippen molar-refractivity contribution in [3.63, 3.8) is 0 Å². The number of carboxylic acid groups (broad SMARTS) is 1. The highest BCUT2D eigenvalue weighted by molar-refractivity contribution is 7.86. The molecule has 0 aromatic heterocycles. The average molecular weight is 581 g/mol. The lowest BCUT2D eigenvalue weighted by atomic mass is 9.81. The van der Waals surface area contributed by atoms with E-state index >= 15 is 0 Å². The van der Waals surface area contributed by atoms with Crippen molar-refractivity contribution in [3.8, 4) is 28.4 Å². The lowest BCUT2D eigenvalue weighted by Crippen LogP contribution is -2.46. The van der Waals surface area contributed by atoms with E-state index in [9.17, 15) is 8.42 Å². The van der Waals surface area contributed by atoms with Gasteiger partial charge in [0.2, 0.25) is 0 Å². The molecule has 0 fully saturated rings. The van der Waals surface area contributed by atoms with Crippen LogP contribution in [0.25, 0.3) is 11.1 Å². The fraction of sp³-hybridized carbons (Fsp3) is 0.276. The third-order valence-corrected chi connectivity index (χ3v) is 6.92. The first-order valence-corrected chi connectivity index (χ1v) is 14.5. The lowest BCUT2D eigenvalue weighted by Gasteiger charge is -2.33. The summed E-state index contributed by atoms with van der Waals surface area (Å²) in [6, 6.07) is 20.7. The van der Waals surface area contributed by atoms with Gasteiger partial charge in [-0.3, -0.25) is 14.7 Å². The Morgan fingerprint density at radius 1 is 0.951 bits per heavy atom. The molecule has 5 rings (SSSR count). The second-order valence-corrected chi connectivity index (χ2v) is 11.0. The molecule has 0 aliphatic carbocycles. The first-order chi connectivity index (χ1) is 19.5. The van der Waals surface area contributed by atoms with Crippen molar-refractivity contribution in [1.82, 2.24) is 4.90 Å². The summed E-state index contributed by atoms with van der Waals surface area (Å²) in [5.41, 5.74) is 8.82. The van der Waals surface area contributed by atoms with E-state index in [2.05, 4.69) is 0 Å². The average Bonchev–Trinajstić information content (AvgIpc) is 3.25. The monoisotopic (exact) mass is 580 g/mol. The smallest absolute Gasteiger partial charge is 0.306 e. The molecule has 41 heavy (non-hydrogen) atoms. The summed E-state index contributed by atoms with van der Waals surface area (Å²) in [6.45, 7) is 2.52. The Hall–Kier alpha value is -4.58. The number of benzene rings is 3. The van der Waals surface area contributed by atoms with Crippen LogP contribution in [0.5, 0.6) is 17.2 Å². The minimum atomic E-state index is -3.71. The molecule has 216 valence electrons. The maximum atomic E-state index is 11.8. The number of hydrogen-bond donors (Lipinski definition) is 2. The zero-order valence-electron chi connectivity index (χ0n) is 23.2. The van der Waals surface area contributed by atoms with E-state index in [4.69, 9.17) is 39.3 Å². The Labute approximate surface area is 239 Å². The highest BCUT2D eigenvalue weighted by Gasteiger charge is 2.49. The van der Waals surface area contributed by atoms with E-state index in [1.54, 1.807) is 13.2 Å².